The number of hydrogen-bond donors (Lipinski definition) is 0. The van der Waals surface area contributed by atoms with E-state index in [0.29, 0.717) is 18.1 Å². The first-order valence-electron chi connectivity index (χ1n) is 6.99. The summed E-state index contributed by atoms with van der Waals surface area (Å²) >= 11 is 0. The first-order valence-corrected chi connectivity index (χ1v) is 6.99. The lowest BCUT2D eigenvalue weighted by Gasteiger charge is -2.28. The van der Waals surface area contributed by atoms with E-state index in [4.69, 9.17) is 4.74 Å². The Morgan fingerprint density at radius 2 is 1.83 bits per heavy atom. The third kappa shape index (κ3) is 6.34. The minimum absolute atomic E-state index is 0.0474. The predicted molar refractivity (Wildman–Crippen MR) is 75.6 cm³/mol. The molecule has 0 amide bonds. The summed E-state index contributed by atoms with van der Waals surface area (Å²) in [6.07, 6.45) is 6.99. The van der Waals surface area contributed by atoms with Crippen molar-refractivity contribution < 1.29 is 9.53 Å². The van der Waals surface area contributed by atoms with Crippen LogP contribution in [0.2, 0.25) is 0 Å². The normalized spacial score (nSPS) is 19.2. The molecular weight excluding hydrogens is 224 g/mol. The van der Waals surface area contributed by atoms with E-state index < -0.39 is 0 Å². The Hall–Kier alpha value is -0.630. The second-order valence-corrected chi connectivity index (χ2v) is 7.23. The van der Waals surface area contributed by atoms with E-state index >= 15 is 0 Å². The van der Waals surface area contributed by atoms with E-state index in [2.05, 4.69) is 32.9 Å². The van der Waals surface area contributed by atoms with Crippen molar-refractivity contribution in [3.8, 4) is 0 Å². The molecule has 1 aliphatic rings. The lowest BCUT2D eigenvalue weighted by molar-refractivity contribution is -0.128. The fourth-order valence-corrected chi connectivity index (χ4v) is 1.98. The van der Waals surface area contributed by atoms with Gasteiger partial charge >= 0.3 is 0 Å². The Bertz CT molecular complexity index is 316. The smallest absolute Gasteiger partial charge is 0.138 e. The number of ketones is 1. The lowest BCUT2D eigenvalue weighted by atomic mass is 9.95. The third-order valence-corrected chi connectivity index (χ3v) is 3.00. The quantitative estimate of drug-likeness (QED) is 0.664. The topological polar surface area (TPSA) is 26.3 Å². The molecule has 18 heavy (non-hydrogen) atoms. The molecule has 0 aromatic heterocycles. The molecule has 0 spiro atoms. The van der Waals surface area contributed by atoms with Crippen LogP contribution in [0.1, 0.15) is 60.8 Å². The van der Waals surface area contributed by atoms with Crippen molar-refractivity contribution in [2.45, 2.75) is 72.5 Å². The van der Waals surface area contributed by atoms with Gasteiger partial charge in [0.05, 0.1) is 11.7 Å². The molecule has 2 nitrogen and oxygen atoms in total. The van der Waals surface area contributed by atoms with Crippen LogP contribution in [0.25, 0.3) is 0 Å². The Morgan fingerprint density at radius 1 is 1.28 bits per heavy atom. The Balaban J connectivity index is 2.43. The zero-order valence-electron chi connectivity index (χ0n) is 12.7. The third-order valence-electron chi connectivity index (χ3n) is 3.00. The van der Waals surface area contributed by atoms with Gasteiger partial charge in [-0.2, -0.15) is 0 Å². The minimum atomic E-state index is -0.360. The van der Waals surface area contributed by atoms with Gasteiger partial charge in [-0.25, -0.2) is 0 Å². The largest absolute Gasteiger partial charge is 0.368 e. The Kier molecular flexibility index (Phi) is 4.77. The highest BCUT2D eigenvalue weighted by Crippen LogP contribution is 2.33. The van der Waals surface area contributed by atoms with Crippen molar-refractivity contribution in [3.63, 3.8) is 0 Å². The maximum absolute atomic E-state index is 11.8. The summed E-state index contributed by atoms with van der Waals surface area (Å²) < 4.78 is 5.97. The fraction of sp³-hybridized carbons (Fsp3) is 0.812. The molecule has 1 saturated carbocycles. The summed E-state index contributed by atoms with van der Waals surface area (Å²) in [5.74, 6) is 0.695. The van der Waals surface area contributed by atoms with Crippen LogP contribution in [0, 0.1) is 11.3 Å². The molecule has 0 N–H and O–H groups in total. The van der Waals surface area contributed by atoms with Crippen molar-refractivity contribution in [2.24, 2.45) is 11.3 Å². The lowest BCUT2D eigenvalue weighted by Crippen LogP contribution is -2.32. The van der Waals surface area contributed by atoms with Gasteiger partial charge in [-0.15, -0.1) is 0 Å². The molecular formula is C16H28O2. The molecule has 1 fully saturated rings. The number of rotatable bonds is 6. The first-order chi connectivity index (χ1) is 8.09. The number of Topliss-reactive ketones (excluding diaryl/α,β-unsaturated/α-hetero) is 1. The van der Waals surface area contributed by atoms with Crippen molar-refractivity contribution in [3.05, 3.63) is 12.2 Å². The van der Waals surface area contributed by atoms with Crippen LogP contribution in [0.15, 0.2) is 12.2 Å². The van der Waals surface area contributed by atoms with E-state index in [1.165, 1.54) is 0 Å². The van der Waals surface area contributed by atoms with Crippen LogP contribution in [0.5, 0.6) is 0 Å². The number of ether oxygens (including phenoxy) is 1. The second kappa shape index (κ2) is 5.56. The van der Waals surface area contributed by atoms with Gasteiger partial charge in [-0.3, -0.25) is 4.79 Å². The SMILES string of the molecule is CC(/C=C/C(C)(C)C)OC(C)(C)CC(=O)C1CC1. The summed E-state index contributed by atoms with van der Waals surface area (Å²) in [6, 6.07) is 0. The van der Waals surface area contributed by atoms with Gasteiger partial charge in [0.1, 0.15) is 5.78 Å². The number of carbonyl (C=O) groups is 1. The predicted octanol–water partition coefficient (Wildman–Crippen LogP) is 4.14. The summed E-state index contributed by atoms with van der Waals surface area (Å²) in [4.78, 5) is 11.8. The molecule has 1 aliphatic carbocycles. The molecule has 0 saturated heterocycles. The van der Waals surface area contributed by atoms with Gasteiger partial charge in [-0.1, -0.05) is 32.9 Å². The van der Waals surface area contributed by atoms with E-state index in [1.807, 2.05) is 20.8 Å². The van der Waals surface area contributed by atoms with Crippen LogP contribution in [-0.4, -0.2) is 17.5 Å². The van der Waals surface area contributed by atoms with E-state index in [9.17, 15) is 4.79 Å². The Labute approximate surface area is 112 Å². The molecule has 1 unspecified atom stereocenters. The zero-order chi connectivity index (χ0) is 14.0. The van der Waals surface area contributed by atoms with Crippen molar-refractivity contribution in [1.82, 2.24) is 0 Å². The highest BCUT2D eigenvalue weighted by molar-refractivity contribution is 5.83. The van der Waals surface area contributed by atoms with Gasteiger partial charge in [0, 0.05) is 12.3 Å². The van der Waals surface area contributed by atoms with Crippen LogP contribution >= 0.6 is 0 Å². The van der Waals surface area contributed by atoms with E-state index in [0.717, 1.165) is 12.8 Å². The molecule has 0 bridgehead atoms. The number of carbonyl (C=O) groups excluding carboxylic acids is 1. The van der Waals surface area contributed by atoms with Crippen molar-refractivity contribution in [1.29, 1.82) is 0 Å². The Morgan fingerprint density at radius 3 is 2.28 bits per heavy atom. The maximum Gasteiger partial charge on any atom is 0.138 e. The molecule has 0 radical (unpaired) electrons. The molecule has 0 aromatic rings. The van der Waals surface area contributed by atoms with Crippen LogP contribution < -0.4 is 0 Å². The standard InChI is InChI=1S/C16H28O2/c1-12(9-10-15(2,3)4)18-16(5,6)11-14(17)13-7-8-13/h9-10,12-13H,7-8,11H2,1-6H3/b10-9+. The fourth-order valence-electron chi connectivity index (χ4n) is 1.98. The van der Waals surface area contributed by atoms with Gasteiger partial charge in [-0.05, 0) is 39.0 Å². The molecule has 1 rings (SSSR count). The zero-order valence-corrected chi connectivity index (χ0v) is 12.7. The molecule has 2 heteroatoms. The van der Waals surface area contributed by atoms with Gasteiger partial charge in [0.15, 0.2) is 0 Å². The van der Waals surface area contributed by atoms with Gasteiger partial charge in [0.25, 0.3) is 0 Å². The highest BCUT2D eigenvalue weighted by Gasteiger charge is 2.34. The summed E-state index contributed by atoms with van der Waals surface area (Å²) in [7, 11) is 0. The molecule has 0 aromatic carbocycles. The number of allylic oxidation sites excluding steroid dienone is 1. The van der Waals surface area contributed by atoms with Gasteiger partial charge in [0.2, 0.25) is 0 Å². The van der Waals surface area contributed by atoms with Crippen LogP contribution in [0.3, 0.4) is 0 Å². The average Bonchev–Trinajstić information content (AvgIpc) is 2.94. The van der Waals surface area contributed by atoms with Gasteiger partial charge < -0.3 is 4.74 Å². The summed E-state index contributed by atoms with van der Waals surface area (Å²) in [5.41, 5.74) is -0.188. The molecule has 1 atom stereocenters. The van der Waals surface area contributed by atoms with Crippen molar-refractivity contribution in [2.75, 3.05) is 0 Å². The highest BCUT2D eigenvalue weighted by atomic mass is 16.5. The van der Waals surface area contributed by atoms with Crippen LogP contribution in [-0.2, 0) is 9.53 Å². The van der Waals surface area contributed by atoms with Crippen molar-refractivity contribution >= 4 is 5.78 Å². The monoisotopic (exact) mass is 252 g/mol. The maximum atomic E-state index is 11.8. The minimum Gasteiger partial charge on any atom is -0.368 e. The average molecular weight is 252 g/mol. The summed E-state index contributed by atoms with van der Waals surface area (Å²) in [5, 5.41) is 0. The van der Waals surface area contributed by atoms with E-state index in [1.54, 1.807) is 0 Å². The van der Waals surface area contributed by atoms with Crippen LogP contribution in [0.4, 0.5) is 0 Å². The first kappa shape index (κ1) is 15.4. The summed E-state index contributed by atoms with van der Waals surface area (Å²) in [6.45, 7) is 12.5. The molecule has 0 aliphatic heterocycles. The second-order valence-electron chi connectivity index (χ2n) is 7.23. The molecule has 104 valence electrons. The van der Waals surface area contributed by atoms with E-state index in [-0.39, 0.29) is 17.1 Å². The number of hydrogen-bond acceptors (Lipinski definition) is 2. The molecule has 0 heterocycles.